The predicted molar refractivity (Wildman–Crippen MR) is 49.7 cm³/mol. The highest BCUT2D eigenvalue weighted by Crippen LogP contribution is 2.00. The Morgan fingerprint density at radius 3 is 2.50 bits per heavy atom. The van der Waals surface area contributed by atoms with E-state index < -0.39 is 16.8 Å². The van der Waals surface area contributed by atoms with Gasteiger partial charge in [0, 0.05) is 16.6 Å². The van der Waals surface area contributed by atoms with Crippen LogP contribution < -0.4 is 0 Å². The van der Waals surface area contributed by atoms with Crippen molar-refractivity contribution in [2.45, 2.75) is 32.6 Å². The largest absolute Gasteiger partial charge is 0.481 e. The van der Waals surface area contributed by atoms with Crippen LogP contribution in [0.25, 0.3) is 0 Å². The van der Waals surface area contributed by atoms with Crippen LogP contribution in [-0.2, 0) is 15.6 Å². The molecule has 72 valence electrons. The zero-order valence-corrected chi connectivity index (χ0v) is 8.23. The Kier molecular flexibility index (Phi) is 7.05. The molecule has 0 saturated heterocycles. The summed E-state index contributed by atoms with van der Waals surface area (Å²) in [5.41, 5.74) is 0. The number of hydrogen-bond acceptors (Lipinski definition) is 2. The molecule has 0 heterocycles. The Balaban J connectivity index is 3.26. The maximum Gasteiger partial charge on any atom is 0.316 e. The predicted octanol–water partition coefficient (Wildman–Crippen LogP) is 1.40. The minimum Gasteiger partial charge on any atom is -0.481 e. The summed E-state index contributed by atoms with van der Waals surface area (Å²) in [6, 6.07) is 0. The number of carboxylic acid groups (broad SMARTS) is 1. The molecule has 0 aromatic carbocycles. The summed E-state index contributed by atoms with van der Waals surface area (Å²) >= 11 is 0. The van der Waals surface area contributed by atoms with Crippen LogP contribution in [0.2, 0.25) is 0 Å². The van der Waals surface area contributed by atoms with Gasteiger partial charge in [-0.05, 0) is 6.42 Å². The van der Waals surface area contributed by atoms with Crippen molar-refractivity contribution in [2.24, 2.45) is 0 Å². The van der Waals surface area contributed by atoms with Crippen LogP contribution in [0, 0.1) is 0 Å². The first-order valence-electron chi connectivity index (χ1n) is 4.23. The summed E-state index contributed by atoms with van der Waals surface area (Å²) in [6.07, 6.45) is 4.23. The van der Waals surface area contributed by atoms with Crippen molar-refractivity contribution in [1.29, 1.82) is 0 Å². The van der Waals surface area contributed by atoms with Crippen LogP contribution in [-0.4, -0.2) is 26.8 Å². The van der Waals surface area contributed by atoms with Crippen LogP contribution in [0.15, 0.2) is 0 Å². The van der Waals surface area contributed by atoms with Gasteiger partial charge in [-0.15, -0.1) is 0 Å². The lowest BCUT2D eigenvalue weighted by Crippen LogP contribution is -2.11. The number of aliphatic carboxylic acids is 1. The van der Waals surface area contributed by atoms with E-state index in [1.54, 1.807) is 0 Å². The minimum atomic E-state index is -1.15. The minimum absolute atomic E-state index is 0.202. The molecule has 0 fully saturated rings. The van der Waals surface area contributed by atoms with Gasteiger partial charge in [0.2, 0.25) is 0 Å². The molecular weight excluding hydrogens is 176 g/mol. The molecule has 12 heavy (non-hydrogen) atoms. The lowest BCUT2D eigenvalue weighted by atomic mass is 10.2. The summed E-state index contributed by atoms with van der Waals surface area (Å²) in [5.74, 6) is -0.637. The quantitative estimate of drug-likeness (QED) is 0.620. The second-order valence-electron chi connectivity index (χ2n) is 2.74. The van der Waals surface area contributed by atoms with Gasteiger partial charge < -0.3 is 5.11 Å². The molecule has 0 saturated carbocycles. The van der Waals surface area contributed by atoms with Crippen LogP contribution >= 0.6 is 0 Å². The number of carboxylic acids is 1. The Morgan fingerprint density at radius 2 is 2.00 bits per heavy atom. The average Bonchev–Trinajstić information content (AvgIpc) is 1.97. The Hall–Kier alpha value is -0.380. The molecule has 0 aliphatic rings. The second kappa shape index (κ2) is 7.28. The van der Waals surface area contributed by atoms with Crippen molar-refractivity contribution in [3.8, 4) is 0 Å². The van der Waals surface area contributed by atoms with Crippen molar-refractivity contribution in [3.63, 3.8) is 0 Å². The first-order valence-corrected chi connectivity index (χ1v) is 5.72. The van der Waals surface area contributed by atoms with E-state index in [0.29, 0.717) is 5.75 Å². The molecule has 0 rings (SSSR count). The molecule has 1 unspecified atom stereocenters. The van der Waals surface area contributed by atoms with Crippen molar-refractivity contribution in [2.75, 3.05) is 11.5 Å². The SMILES string of the molecule is CCCCCCS(=O)CC(=O)O. The molecule has 0 spiro atoms. The normalized spacial score (nSPS) is 12.8. The fourth-order valence-electron chi connectivity index (χ4n) is 0.900. The molecule has 1 N–H and O–H groups in total. The third-order valence-corrected chi connectivity index (χ3v) is 2.82. The van der Waals surface area contributed by atoms with Crippen LogP contribution in [0.1, 0.15) is 32.6 Å². The fourth-order valence-corrected chi connectivity index (χ4v) is 1.85. The van der Waals surface area contributed by atoms with E-state index in [2.05, 4.69) is 6.92 Å². The summed E-state index contributed by atoms with van der Waals surface area (Å²) in [6.45, 7) is 2.11. The van der Waals surface area contributed by atoms with Gasteiger partial charge in [0.25, 0.3) is 0 Å². The van der Waals surface area contributed by atoms with Crippen molar-refractivity contribution in [3.05, 3.63) is 0 Å². The smallest absolute Gasteiger partial charge is 0.316 e. The Morgan fingerprint density at radius 1 is 1.33 bits per heavy atom. The van der Waals surface area contributed by atoms with Gasteiger partial charge in [-0.1, -0.05) is 26.2 Å². The molecule has 4 heteroatoms. The maximum atomic E-state index is 10.9. The van der Waals surface area contributed by atoms with Gasteiger partial charge in [-0.2, -0.15) is 0 Å². The van der Waals surface area contributed by atoms with E-state index in [9.17, 15) is 9.00 Å². The van der Waals surface area contributed by atoms with E-state index >= 15 is 0 Å². The van der Waals surface area contributed by atoms with Gasteiger partial charge in [-0.25, -0.2) is 0 Å². The zero-order chi connectivity index (χ0) is 9.40. The molecule has 0 aromatic rings. The molecular formula is C8H16O3S. The van der Waals surface area contributed by atoms with E-state index in [0.717, 1.165) is 25.7 Å². The van der Waals surface area contributed by atoms with Crippen molar-refractivity contribution >= 4 is 16.8 Å². The molecule has 0 bridgehead atoms. The van der Waals surface area contributed by atoms with Crippen LogP contribution in [0.4, 0.5) is 0 Å². The maximum absolute atomic E-state index is 10.9. The van der Waals surface area contributed by atoms with E-state index in [1.807, 2.05) is 0 Å². The van der Waals surface area contributed by atoms with E-state index in [4.69, 9.17) is 5.11 Å². The molecule has 3 nitrogen and oxygen atoms in total. The lowest BCUT2D eigenvalue weighted by Gasteiger charge is -1.98. The van der Waals surface area contributed by atoms with E-state index in [1.165, 1.54) is 0 Å². The van der Waals surface area contributed by atoms with Gasteiger partial charge >= 0.3 is 5.97 Å². The fraction of sp³-hybridized carbons (Fsp3) is 0.875. The highest BCUT2D eigenvalue weighted by atomic mass is 32.2. The van der Waals surface area contributed by atoms with Gasteiger partial charge in [-0.3, -0.25) is 9.00 Å². The summed E-state index contributed by atoms with van der Waals surface area (Å²) in [7, 11) is -1.15. The third kappa shape index (κ3) is 7.72. The van der Waals surface area contributed by atoms with Crippen molar-refractivity contribution in [1.82, 2.24) is 0 Å². The van der Waals surface area contributed by atoms with Crippen molar-refractivity contribution < 1.29 is 14.1 Å². The number of rotatable bonds is 7. The molecule has 0 aliphatic carbocycles. The molecule has 0 aromatic heterocycles. The van der Waals surface area contributed by atoms with E-state index in [-0.39, 0.29) is 5.75 Å². The lowest BCUT2D eigenvalue weighted by molar-refractivity contribution is -0.133. The average molecular weight is 192 g/mol. The summed E-state index contributed by atoms with van der Waals surface area (Å²) in [4.78, 5) is 10.1. The Bertz CT molecular complexity index is 156. The number of hydrogen-bond donors (Lipinski definition) is 1. The highest BCUT2D eigenvalue weighted by Gasteiger charge is 2.04. The highest BCUT2D eigenvalue weighted by molar-refractivity contribution is 7.85. The summed E-state index contributed by atoms with van der Waals surface area (Å²) in [5, 5.41) is 8.29. The molecule has 0 aliphatic heterocycles. The molecule has 0 radical (unpaired) electrons. The molecule has 1 atom stereocenters. The first kappa shape index (κ1) is 11.6. The number of carbonyl (C=O) groups is 1. The van der Waals surface area contributed by atoms with Crippen LogP contribution in [0.5, 0.6) is 0 Å². The monoisotopic (exact) mass is 192 g/mol. The number of unbranched alkanes of at least 4 members (excludes halogenated alkanes) is 3. The molecule has 0 amide bonds. The zero-order valence-electron chi connectivity index (χ0n) is 7.41. The summed E-state index contributed by atoms with van der Waals surface area (Å²) < 4.78 is 10.9. The third-order valence-electron chi connectivity index (χ3n) is 1.51. The Labute approximate surface area is 75.6 Å². The standard InChI is InChI=1S/C8H16O3S/c1-2-3-4-5-6-12(11)7-8(9)10/h2-7H2,1H3,(H,9,10). The van der Waals surface area contributed by atoms with Gasteiger partial charge in [0.1, 0.15) is 5.75 Å². The van der Waals surface area contributed by atoms with Gasteiger partial charge in [0.15, 0.2) is 0 Å². The topological polar surface area (TPSA) is 54.4 Å². The van der Waals surface area contributed by atoms with Crippen LogP contribution in [0.3, 0.4) is 0 Å². The van der Waals surface area contributed by atoms with Gasteiger partial charge in [0.05, 0.1) is 0 Å². The second-order valence-corrected chi connectivity index (χ2v) is 4.32. The first-order chi connectivity index (χ1) is 5.66.